The lowest BCUT2D eigenvalue weighted by molar-refractivity contribution is -0.114. The molecule has 2 heterocycles. The molecule has 7 nitrogen and oxygen atoms in total. The number of nitrogens with zero attached hydrogens (tertiary/aromatic N) is 5. The van der Waals surface area contributed by atoms with Gasteiger partial charge >= 0.3 is 0 Å². The van der Waals surface area contributed by atoms with Gasteiger partial charge in [0.25, 0.3) is 0 Å². The number of hydrogen-bond acceptors (Lipinski definition) is 5. The maximum atomic E-state index is 11.1. The summed E-state index contributed by atoms with van der Waals surface area (Å²) in [6, 6.07) is 7.64. The van der Waals surface area contributed by atoms with E-state index in [2.05, 4.69) is 32.5 Å². The number of hydrogen-bond donors (Lipinski definition) is 1. The molecule has 0 aliphatic heterocycles. The number of benzene rings is 1. The van der Waals surface area contributed by atoms with E-state index in [9.17, 15) is 4.79 Å². The summed E-state index contributed by atoms with van der Waals surface area (Å²) in [6.07, 6.45) is 7.75. The van der Waals surface area contributed by atoms with Crippen molar-refractivity contribution in [2.24, 2.45) is 0 Å². The second kappa shape index (κ2) is 6.99. The summed E-state index contributed by atoms with van der Waals surface area (Å²) >= 11 is 0. The lowest BCUT2D eigenvalue weighted by Gasteiger charge is -2.09. The van der Waals surface area contributed by atoms with E-state index in [-0.39, 0.29) is 11.9 Å². The van der Waals surface area contributed by atoms with Crippen LogP contribution in [0.5, 0.6) is 0 Å². The second-order valence-corrected chi connectivity index (χ2v) is 5.59. The van der Waals surface area contributed by atoms with Crippen LogP contribution >= 0.6 is 0 Å². The predicted octanol–water partition coefficient (Wildman–Crippen LogP) is 2.50. The standard InChI is InChI=1S/C17H18N6O/c1-12(9-16-10-18-7-8-19-16)23-11-17(21-22-23)14-3-5-15(6-4-14)20-13(2)24/h3-8,10-12H,9H2,1-2H3,(H,20,24). The van der Waals surface area contributed by atoms with Crippen molar-refractivity contribution < 1.29 is 4.79 Å². The highest BCUT2D eigenvalue weighted by atomic mass is 16.1. The summed E-state index contributed by atoms with van der Waals surface area (Å²) in [6.45, 7) is 3.55. The highest BCUT2D eigenvalue weighted by Gasteiger charge is 2.11. The Labute approximate surface area is 139 Å². The predicted molar refractivity (Wildman–Crippen MR) is 90.2 cm³/mol. The SMILES string of the molecule is CC(=O)Nc1ccc(-c2cn(C(C)Cc3cnccn3)nn2)cc1. The number of amides is 1. The fraction of sp³-hybridized carbons (Fsp3) is 0.235. The molecule has 0 aliphatic rings. The first-order valence-electron chi connectivity index (χ1n) is 7.66. The summed E-state index contributed by atoms with van der Waals surface area (Å²) in [5.74, 6) is -0.0912. The molecule has 0 radical (unpaired) electrons. The van der Waals surface area contributed by atoms with Gasteiger partial charge < -0.3 is 5.32 Å². The second-order valence-electron chi connectivity index (χ2n) is 5.59. The van der Waals surface area contributed by atoms with E-state index >= 15 is 0 Å². The van der Waals surface area contributed by atoms with Crippen molar-refractivity contribution in [2.45, 2.75) is 26.3 Å². The average Bonchev–Trinajstić information content (AvgIpc) is 3.06. The maximum Gasteiger partial charge on any atom is 0.221 e. The Morgan fingerprint density at radius 2 is 2.04 bits per heavy atom. The molecule has 0 bridgehead atoms. The third-order valence-electron chi connectivity index (χ3n) is 3.58. The van der Waals surface area contributed by atoms with E-state index in [4.69, 9.17) is 0 Å². The van der Waals surface area contributed by atoms with Gasteiger partial charge in [0.2, 0.25) is 5.91 Å². The van der Waals surface area contributed by atoms with Gasteiger partial charge in [-0.3, -0.25) is 14.8 Å². The Morgan fingerprint density at radius 1 is 1.25 bits per heavy atom. The van der Waals surface area contributed by atoms with Crippen LogP contribution in [0.3, 0.4) is 0 Å². The van der Waals surface area contributed by atoms with Gasteiger partial charge in [0.05, 0.1) is 17.9 Å². The fourth-order valence-corrected chi connectivity index (χ4v) is 2.38. The summed E-state index contributed by atoms with van der Waals surface area (Å²) in [5, 5.41) is 11.2. The minimum atomic E-state index is -0.0912. The monoisotopic (exact) mass is 322 g/mol. The Kier molecular flexibility index (Phi) is 4.60. The zero-order chi connectivity index (χ0) is 16.9. The Morgan fingerprint density at radius 3 is 2.71 bits per heavy atom. The van der Waals surface area contributed by atoms with Crippen molar-refractivity contribution in [3.63, 3.8) is 0 Å². The molecule has 1 amide bonds. The van der Waals surface area contributed by atoms with Crippen LogP contribution in [0.15, 0.2) is 49.1 Å². The van der Waals surface area contributed by atoms with Crippen LogP contribution in [-0.4, -0.2) is 30.9 Å². The number of aromatic nitrogens is 5. The van der Waals surface area contributed by atoms with Gasteiger partial charge in [0.1, 0.15) is 5.69 Å². The van der Waals surface area contributed by atoms with Crippen LogP contribution in [0.1, 0.15) is 25.6 Å². The highest BCUT2D eigenvalue weighted by molar-refractivity contribution is 5.88. The third-order valence-corrected chi connectivity index (χ3v) is 3.58. The van der Waals surface area contributed by atoms with Crippen molar-refractivity contribution in [1.29, 1.82) is 0 Å². The number of rotatable bonds is 5. The first kappa shape index (κ1) is 15.8. The van der Waals surface area contributed by atoms with E-state index in [0.29, 0.717) is 0 Å². The first-order valence-corrected chi connectivity index (χ1v) is 7.66. The quantitative estimate of drug-likeness (QED) is 0.780. The van der Waals surface area contributed by atoms with Gasteiger partial charge in [-0.15, -0.1) is 5.10 Å². The van der Waals surface area contributed by atoms with Crippen molar-refractivity contribution in [3.05, 3.63) is 54.7 Å². The molecule has 0 spiro atoms. The molecular weight excluding hydrogens is 304 g/mol. The van der Waals surface area contributed by atoms with Crippen LogP contribution in [0, 0.1) is 0 Å². The maximum absolute atomic E-state index is 11.1. The van der Waals surface area contributed by atoms with Crippen LogP contribution in [0.4, 0.5) is 5.69 Å². The number of anilines is 1. The molecule has 1 N–H and O–H groups in total. The van der Waals surface area contributed by atoms with Crippen LogP contribution in [-0.2, 0) is 11.2 Å². The van der Waals surface area contributed by atoms with Crippen LogP contribution in [0.2, 0.25) is 0 Å². The van der Waals surface area contributed by atoms with Gasteiger partial charge in [0.15, 0.2) is 0 Å². The topological polar surface area (TPSA) is 85.6 Å². The molecule has 7 heteroatoms. The van der Waals surface area contributed by atoms with Crippen molar-refractivity contribution in [2.75, 3.05) is 5.32 Å². The number of nitrogens with one attached hydrogen (secondary N) is 1. The molecule has 1 unspecified atom stereocenters. The molecule has 0 fully saturated rings. The van der Waals surface area contributed by atoms with E-state index in [1.165, 1.54) is 6.92 Å². The highest BCUT2D eigenvalue weighted by Crippen LogP contribution is 2.20. The minimum absolute atomic E-state index is 0.0912. The molecule has 0 saturated carbocycles. The zero-order valence-electron chi connectivity index (χ0n) is 13.5. The van der Waals surface area contributed by atoms with Crippen LogP contribution in [0.25, 0.3) is 11.3 Å². The van der Waals surface area contributed by atoms with E-state index in [1.807, 2.05) is 35.1 Å². The Balaban J connectivity index is 1.71. The molecule has 0 aliphatic carbocycles. The molecule has 1 atom stereocenters. The summed E-state index contributed by atoms with van der Waals surface area (Å²) in [5.41, 5.74) is 3.41. The van der Waals surface area contributed by atoms with Crippen molar-refractivity contribution in [3.8, 4) is 11.3 Å². The zero-order valence-corrected chi connectivity index (χ0v) is 13.5. The molecular formula is C17H18N6O. The van der Waals surface area contributed by atoms with Gasteiger partial charge in [-0.05, 0) is 19.1 Å². The molecule has 3 rings (SSSR count). The largest absolute Gasteiger partial charge is 0.326 e. The fourth-order valence-electron chi connectivity index (χ4n) is 2.38. The van der Waals surface area contributed by atoms with Gasteiger partial charge in [0, 0.05) is 43.2 Å². The smallest absolute Gasteiger partial charge is 0.221 e. The number of carbonyl (C=O) groups excluding carboxylic acids is 1. The molecule has 3 aromatic rings. The molecule has 122 valence electrons. The summed E-state index contributed by atoms with van der Waals surface area (Å²) in [4.78, 5) is 19.4. The van der Waals surface area contributed by atoms with Crippen molar-refractivity contribution in [1.82, 2.24) is 25.0 Å². The first-order chi connectivity index (χ1) is 11.6. The molecule has 24 heavy (non-hydrogen) atoms. The Hall–Kier alpha value is -3.09. The number of carbonyl (C=O) groups is 1. The molecule has 0 saturated heterocycles. The molecule has 1 aromatic carbocycles. The van der Waals surface area contributed by atoms with Crippen LogP contribution < -0.4 is 5.32 Å². The van der Waals surface area contributed by atoms with E-state index in [1.54, 1.807) is 18.6 Å². The van der Waals surface area contributed by atoms with E-state index in [0.717, 1.165) is 29.1 Å². The van der Waals surface area contributed by atoms with Gasteiger partial charge in [-0.2, -0.15) is 0 Å². The molecule has 2 aromatic heterocycles. The summed E-state index contributed by atoms with van der Waals surface area (Å²) in [7, 11) is 0. The van der Waals surface area contributed by atoms with Gasteiger partial charge in [-0.1, -0.05) is 17.3 Å². The summed E-state index contributed by atoms with van der Waals surface area (Å²) < 4.78 is 1.83. The normalized spacial score (nSPS) is 11.9. The third kappa shape index (κ3) is 3.81. The lowest BCUT2D eigenvalue weighted by atomic mass is 10.1. The minimum Gasteiger partial charge on any atom is -0.326 e. The average molecular weight is 322 g/mol. The van der Waals surface area contributed by atoms with Crippen molar-refractivity contribution >= 4 is 11.6 Å². The Bertz CT molecular complexity index is 813. The van der Waals surface area contributed by atoms with E-state index < -0.39 is 0 Å². The lowest BCUT2D eigenvalue weighted by Crippen LogP contribution is -2.10. The van der Waals surface area contributed by atoms with Gasteiger partial charge in [-0.25, -0.2) is 4.68 Å².